The zero-order valence-electron chi connectivity index (χ0n) is 10.9. The normalized spacial score (nSPS) is 16.7. The first kappa shape index (κ1) is 14.3. The lowest BCUT2D eigenvalue weighted by Crippen LogP contribution is -2.41. The molecule has 0 aromatic rings. The van der Waals surface area contributed by atoms with E-state index in [0.717, 1.165) is 18.3 Å². The van der Waals surface area contributed by atoms with E-state index in [1.54, 1.807) is 0 Å². The van der Waals surface area contributed by atoms with Crippen molar-refractivity contribution in [2.45, 2.75) is 70.8 Å². The van der Waals surface area contributed by atoms with E-state index in [4.69, 9.17) is 11.6 Å². The summed E-state index contributed by atoms with van der Waals surface area (Å²) in [5, 5.41) is 0. The molecule has 0 amide bonds. The molecular formula is C14H28ClN. The first-order valence-electron chi connectivity index (χ1n) is 7.18. The van der Waals surface area contributed by atoms with Crippen molar-refractivity contribution in [1.82, 2.24) is 4.90 Å². The molecule has 1 aliphatic carbocycles. The highest BCUT2D eigenvalue weighted by Gasteiger charge is 2.23. The number of alkyl halides is 1. The molecule has 1 saturated carbocycles. The highest BCUT2D eigenvalue weighted by Crippen LogP contribution is 2.25. The van der Waals surface area contributed by atoms with Gasteiger partial charge in [0.05, 0.1) is 0 Å². The van der Waals surface area contributed by atoms with Gasteiger partial charge in [0.2, 0.25) is 0 Å². The minimum atomic E-state index is 0.819. The molecule has 1 nitrogen and oxygen atoms in total. The molecule has 0 atom stereocenters. The van der Waals surface area contributed by atoms with E-state index in [1.165, 1.54) is 64.5 Å². The molecule has 2 heteroatoms. The van der Waals surface area contributed by atoms with Gasteiger partial charge in [-0.2, -0.15) is 0 Å². The molecule has 0 radical (unpaired) electrons. The molecule has 16 heavy (non-hydrogen) atoms. The van der Waals surface area contributed by atoms with Gasteiger partial charge in [0.25, 0.3) is 0 Å². The van der Waals surface area contributed by atoms with Crippen LogP contribution in [0.3, 0.4) is 0 Å². The largest absolute Gasteiger partial charge is 0.300 e. The number of nitrogens with zero attached hydrogens (tertiary/aromatic N) is 1. The Morgan fingerprint density at radius 2 is 1.69 bits per heavy atom. The summed E-state index contributed by atoms with van der Waals surface area (Å²) >= 11 is 5.79. The Labute approximate surface area is 107 Å². The maximum absolute atomic E-state index is 5.79. The molecule has 0 aromatic carbocycles. The van der Waals surface area contributed by atoms with Crippen molar-refractivity contribution >= 4 is 11.6 Å². The third-order valence-corrected chi connectivity index (χ3v) is 3.99. The Hall–Kier alpha value is 0.250. The van der Waals surface area contributed by atoms with Crippen LogP contribution in [-0.4, -0.2) is 29.9 Å². The summed E-state index contributed by atoms with van der Waals surface area (Å²) in [6.07, 6.45) is 12.4. The van der Waals surface area contributed by atoms with E-state index >= 15 is 0 Å². The first-order chi connectivity index (χ1) is 7.88. The summed E-state index contributed by atoms with van der Waals surface area (Å²) in [7, 11) is 0. The van der Waals surface area contributed by atoms with Crippen molar-refractivity contribution in [2.24, 2.45) is 0 Å². The van der Waals surface area contributed by atoms with Crippen molar-refractivity contribution in [3.63, 3.8) is 0 Å². The second-order valence-corrected chi connectivity index (χ2v) is 5.46. The number of hydrogen-bond donors (Lipinski definition) is 0. The second-order valence-electron chi connectivity index (χ2n) is 5.08. The first-order valence-corrected chi connectivity index (χ1v) is 7.72. The predicted molar refractivity (Wildman–Crippen MR) is 73.3 cm³/mol. The molecule has 0 aromatic heterocycles. The van der Waals surface area contributed by atoms with Crippen LogP contribution in [0.2, 0.25) is 0 Å². The van der Waals surface area contributed by atoms with Gasteiger partial charge in [0, 0.05) is 11.9 Å². The predicted octanol–water partition coefficient (Wildman–Crippen LogP) is 4.44. The molecular weight excluding hydrogens is 218 g/mol. The Balaban J connectivity index is 2.06. The average Bonchev–Trinajstić information content (AvgIpc) is 2.22. The van der Waals surface area contributed by atoms with Crippen LogP contribution < -0.4 is 0 Å². The molecule has 0 saturated heterocycles. The third-order valence-electron chi connectivity index (χ3n) is 3.72. The smallest absolute Gasteiger partial charge is 0.0235 e. The fourth-order valence-electron chi connectivity index (χ4n) is 2.41. The van der Waals surface area contributed by atoms with E-state index in [1.807, 2.05) is 0 Å². The molecule has 0 heterocycles. The second kappa shape index (κ2) is 9.30. The highest BCUT2D eigenvalue weighted by atomic mass is 35.5. The van der Waals surface area contributed by atoms with Crippen LogP contribution in [0.1, 0.15) is 64.7 Å². The zero-order chi connectivity index (χ0) is 11.6. The van der Waals surface area contributed by atoms with Gasteiger partial charge in [0.15, 0.2) is 0 Å². The summed E-state index contributed by atoms with van der Waals surface area (Å²) < 4.78 is 0. The van der Waals surface area contributed by atoms with Crippen molar-refractivity contribution in [1.29, 1.82) is 0 Å². The van der Waals surface area contributed by atoms with Crippen molar-refractivity contribution < 1.29 is 0 Å². The van der Waals surface area contributed by atoms with E-state index in [0.29, 0.717) is 0 Å². The van der Waals surface area contributed by atoms with Gasteiger partial charge in [-0.15, -0.1) is 11.6 Å². The van der Waals surface area contributed by atoms with Gasteiger partial charge in [-0.05, 0) is 38.8 Å². The van der Waals surface area contributed by atoms with Gasteiger partial charge in [-0.25, -0.2) is 0 Å². The van der Waals surface area contributed by atoms with Crippen LogP contribution >= 0.6 is 11.6 Å². The molecule has 0 spiro atoms. The topological polar surface area (TPSA) is 3.24 Å². The maximum Gasteiger partial charge on any atom is 0.0235 e. The van der Waals surface area contributed by atoms with Crippen LogP contribution in [0.4, 0.5) is 0 Å². The van der Waals surface area contributed by atoms with Gasteiger partial charge >= 0.3 is 0 Å². The quantitative estimate of drug-likeness (QED) is 0.406. The Kier molecular flexibility index (Phi) is 8.32. The van der Waals surface area contributed by atoms with Gasteiger partial charge in [0.1, 0.15) is 0 Å². The fraction of sp³-hybridized carbons (Fsp3) is 1.00. The van der Waals surface area contributed by atoms with Crippen LogP contribution in [0.25, 0.3) is 0 Å². The Morgan fingerprint density at radius 3 is 2.25 bits per heavy atom. The summed E-state index contributed by atoms with van der Waals surface area (Å²) in [6, 6.07) is 0.898. The molecule has 1 rings (SSSR count). The maximum atomic E-state index is 5.79. The van der Waals surface area contributed by atoms with Gasteiger partial charge in [-0.1, -0.05) is 39.0 Å². The third kappa shape index (κ3) is 5.54. The fourth-order valence-corrected chi connectivity index (χ4v) is 2.53. The van der Waals surface area contributed by atoms with Crippen molar-refractivity contribution in [2.75, 3.05) is 19.0 Å². The monoisotopic (exact) mass is 245 g/mol. The van der Waals surface area contributed by atoms with Crippen LogP contribution in [-0.2, 0) is 0 Å². The summed E-state index contributed by atoms with van der Waals surface area (Å²) in [5.41, 5.74) is 0. The SMILES string of the molecule is CCCCCCCN(CCCCl)C1CCC1. The zero-order valence-corrected chi connectivity index (χ0v) is 11.6. The molecule has 96 valence electrons. The lowest BCUT2D eigenvalue weighted by atomic mass is 9.91. The van der Waals surface area contributed by atoms with Gasteiger partial charge in [-0.3, -0.25) is 0 Å². The lowest BCUT2D eigenvalue weighted by molar-refractivity contribution is 0.125. The standard InChI is InChI=1S/C14H28ClN/c1-2-3-4-5-6-12-16(13-8-11-15)14-9-7-10-14/h14H,2-13H2,1H3. The summed E-state index contributed by atoms with van der Waals surface area (Å²) in [4.78, 5) is 2.69. The summed E-state index contributed by atoms with van der Waals surface area (Å²) in [6.45, 7) is 4.81. The lowest BCUT2D eigenvalue weighted by Gasteiger charge is -2.37. The molecule has 1 fully saturated rings. The van der Waals surface area contributed by atoms with Gasteiger partial charge < -0.3 is 4.90 Å². The van der Waals surface area contributed by atoms with E-state index < -0.39 is 0 Å². The highest BCUT2D eigenvalue weighted by molar-refractivity contribution is 6.17. The van der Waals surface area contributed by atoms with Crippen LogP contribution in [0.5, 0.6) is 0 Å². The van der Waals surface area contributed by atoms with E-state index in [2.05, 4.69) is 11.8 Å². The molecule has 0 aliphatic heterocycles. The van der Waals surface area contributed by atoms with Crippen LogP contribution in [0.15, 0.2) is 0 Å². The Morgan fingerprint density at radius 1 is 1.00 bits per heavy atom. The van der Waals surface area contributed by atoms with E-state index in [9.17, 15) is 0 Å². The number of hydrogen-bond acceptors (Lipinski definition) is 1. The number of unbranched alkanes of at least 4 members (excludes halogenated alkanes) is 4. The minimum Gasteiger partial charge on any atom is -0.300 e. The Bertz CT molecular complexity index is 157. The molecule has 0 N–H and O–H groups in total. The average molecular weight is 246 g/mol. The number of rotatable bonds is 10. The molecule has 0 unspecified atom stereocenters. The number of halogens is 1. The molecule has 1 aliphatic rings. The molecule has 0 bridgehead atoms. The summed E-state index contributed by atoms with van der Waals surface area (Å²) in [5.74, 6) is 0.819. The minimum absolute atomic E-state index is 0.819. The van der Waals surface area contributed by atoms with Crippen molar-refractivity contribution in [3.05, 3.63) is 0 Å². The van der Waals surface area contributed by atoms with Crippen molar-refractivity contribution in [3.8, 4) is 0 Å². The van der Waals surface area contributed by atoms with Crippen LogP contribution in [0, 0.1) is 0 Å². The van der Waals surface area contributed by atoms with E-state index in [-0.39, 0.29) is 0 Å².